The normalized spacial score (nSPS) is 18.7. The van der Waals surface area contributed by atoms with E-state index < -0.39 is 11.4 Å². The van der Waals surface area contributed by atoms with Crippen molar-refractivity contribution in [3.63, 3.8) is 0 Å². The third kappa shape index (κ3) is 4.71. The van der Waals surface area contributed by atoms with Crippen molar-refractivity contribution in [1.82, 2.24) is 20.2 Å². The van der Waals surface area contributed by atoms with Gasteiger partial charge in [-0.3, -0.25) is 4.79 Å². The van der Waals surface area contributed by atoms with Crippen LogP contribution in [0.3, 0.4) is 0 Å². The van der Waals surface area contributed by atoms with Gasteiger partial charge >= 0.3 is 6.03 Å². The molecule has 1 aromatic rings. The molecule has 1 heterocycles. The molecule has 2 rings (SSSR count). The van der Waals surface area contributed by atoms with Crippen molar-refractivity contribution >= 4 is 11.9 Å². The monoisotopic (exact) mass is 321 g/mol. The molecule has 1 saturated carbocycles. The Labute approximate surface area is 137 Å². The van der Waals surface area contributed by atoms with Crippen LogP contribution in [0.2, 0.25) is 0 Å². The second-order valence-electron chi connectivity index (χ2n) is 6.39. The van der Waals surface area contributed by atoms with Crippen molar-refractivity contribution in [2.24, 2.45) is 5.73 Å². The Balaban J connectivity index is 1.81. The molecule has 0 radical (unpaired) electrons. The maximum absolute atomic E-state index is 12.2. The molecule has 1 fully saturated rings. The Morgan fingerprint density at radius 1 is 1.30 bits per heavy atom. The summed E-state index contributed by atoms with van der Waals surface area (Å²) in [6, 6.07) is -0.0655. The minimum atomic E-state index is -0.892. The van der Waals surface area contributed by atoms with Gasteiger partial charge in [-0.15, -0.1) is 0 Å². The standard InChI is InChI=1S/C16H27N5O2/c1-13(21-11-10-18-12-21)6-9-19-15(23)20-16(14(17)22)7-4-2-3-5-8-16/h10-13H,2-9H2,1H3,(H2,17,22)(H2,19,20,23)/t13-/m1/s1. The average Bonchev–Trinajstić information content (AvgIpc) is 2.94. The fraction of sp³-hybridized carbons (Fsp3) is 0.688. The van der Waals surface area contributed by atoms with Crippen molar-refractivity contribution in [2.75, 3.05) is 6.54 Å². The lowest BCUT2D eigenvalue weighted by Gasteiger charge is -2.30. The summed E-state index contributed by atoms with van der Waals surface area (Å²) in [4.78, 5) is 28.0. The van der Waals surface area contributed by atoms with Crippen LogP contribution in [-0.4, -0.2) is 33.6 Å². The van der Waals surface area contributed by atoms with Gasteiger partial charge in [-0.2, -0.15) is 0 Å². The van der Waals surface area contributed by atoms with Crippen LogP contribution in [0.15, 0.2) is 18.7 Å². The fourth-order valence-electron chi connectivity index (χ4n) is 3.10. The summed E-state index contributed by atoms with van der Waals surface area (Å²) in [6.45, 7) is 2.59. The zero-order valence-electron chi connectivity index (χ0n) is 13.8. The molecule has 1 aliphatic rings. The summed E-state index contributed by atoms with van der Waals surface area (Å²) in [5.41, 5.74) is 4.68. The molecule has 1 aromatic heterocycles. The third-order valence-electron chi connectivity index (χ3n) is 4.66. The lowest BCUT2D eigenvalue weighted by molar-refractivity contribution is -0.124. The number of primary amides is 1. The molecule has 0 bridgehead atoms. The molecule has 3 amide bonds. The first-order valence-corrected chi connectivity index (χ1v) is 8.37. The Kier molecular flexibility index (Phi) is 6.01. The first-order valence-electron chi connectivity index (χ1n) is 8.37. The van der Waals surface area contributed by atoms with Gasteiger partial charge in [0.15, 0.2) is 0 Å². The number of nitrogens with zero attached hydrogens (tertiary/aromatic N) is 2. The number of amides is 3. The molecule has 0 aliphatic heterocycles. The van der Waals surface area contributed by atoms with E-state index in [1.807, 2.05) is 10.8 Å². The first kappa shape index (κ1) is 17.3. The third-order valence-corrected chi connectivity index (χ3v) is 4.66. The van der Waals surface area contributed by atoms with Crippen LogP contribution in [-0.2, 0) is 4.79 Å². The number of urea groups is 1. The van der Waals surface area contributed by atoms with E-state index in [0.29, 0.717) is 19.4 Å². The minimum Gasteiger partial charge on any atom is -0.368 e. The van der Waals surface area contributed by atoms with Gasteiger partial charge in [-0.1, -0.05) is 25.7 Å². The van der Waals surface area contributed by atoms with E-state index in [0.717, 1.165) is 32.1 Å². The van der Waals surface area contributed by atoms with Gasteiger partial charge in [-0.25, -0.2) is 9.78 Å². The Hall–Kier alpha value is -2.05. The molecular formula is C16H27N5O2. The van der Waals surface area contributed by atoms with Gasteiger partial charge in [0.25, 0.3) is 0 Å². The highest BCUT2D eigenvalue weighted by Gasteiger charge is 2.38. The quantitative estimate of drug-likeness (QED) is 0.695. The van der Waals surface area contributed by atoms with Crippen LogP contribution < -0.4 is 16.4 Å². The van der Waals surface area contributed by atoms with Crippen molar-refractivity contribution in [3.05, 3.63) is 18.7 Å². The van der Waals surface area contributed by atoms with Crippen LogP contribution >= 0.6 is 0 Å². The number of rotatable bonds is 6. The molecule has 7 heteroatoms. The first-order chi connectivity index (χ1) is 11.0. The van der Waals surface area contributed by atoms with E-state index in [4.69, 9.17) is 5.73 Å². The summed E-state index contributed by atoms with van der Waals surface area (Å²) >= 11 is 0. The number of imidazole rings is 1. The van der Waals surface area contributed by atoms with E-state index in [-0.39, 0.29) is 12.1 Å². The zero-order chi connectivity index (χ0) is 16.7. The molecule has 4 N–H and O–H groups in total. The smallest absolute Gasteiger partial charge is 0.315 e. The Bertz CT molecular complexity index is 507. The second kappa shape index (κ2) is 7.99. The summed E-state index contributed by atoms with van der Waals surface area (Å²) in [5.74, 6) is -0.429. The highest BCUT2D eigenvalue weighted by Crippen LogP contribution is 2.26. The van der Waals surface area contributed by atoms with E-state index in [1.54, 1.807) is 12.5 Å². The van der Waals surface area contributed by atoms with Crippen molar-refractivity contribution in [3.8, 4) is 0 Å². The van der Waals surface area contributed by atoms with Gasteiger partial charge in [-0.05, 0) is 26.2 Å². The van der Waals surface area contributed by atoms with Crippen LogP contribution in [0.25, 0.3) is 0 Å². The maximum atomic E-state index is 12.2. The molecule has 7 nitrogen and oxygen atoms in total. The van der Waals surface area contributed by atoms with E-state index in [2.05, 4.69) is 22.5 Å². The van der Waals surface area contributed by atoms with Crippen LogP contribution in [0, 0.1) is 0 Å². The minimum absolute atomic E-state index is 0.251. The molecule has 1 atom stereocenters. The van der Waals surface area contributed by atoms with Crippen LogP contribution in [0.5, 0.6) is 0 Å². The number of nitrogens with one attached hydrogen (secondary N) is 2. The van der Waals surface area contributed by atoms with Crippen LogP contribution in [0.1, 0.15) is 57.9 Å². The average molecular weight is 321 g/mol. The van der Waals surface area contributed by atoms with Crippen molar-refractivity contribution in [2.45, 2.75) is 63.5 Å². The molecule has 23 heavy (non-hydrogen) atoms. The predicted molar refractivity (Wildman–Crippen MR) is 87.7 cm³/mol. The molecular weight excluding hydrogens is 294 g/mol. The predicted octanol–water partition coefficient (Wildman–Crippen LogP) is 1.71. The molecule has 0 aromatic carbocycles. The van der Waals surface area contributed by atoms with Crippen molar-refractivity contribution in [1.29, 1.82) is 0 Å². The zero-order valence-corrected chi connectivity index (χ0v) is 13.8. The van der Waals surface area contributed by atoms with Crippen molar-refractivity contribution < 1.29 is 9.59 Å². The maximum Gasteiger partial charge on any atom is 0.315 e. The van der Waals surface area contributed by atoms with Crippen LogP contribution in [0.4, 0.5) is 4.79 Å². The Morgan fingerprint density at radius 2 is 2.00 bits per heavy atom. The molecule has 128 valence electrons. The van der Waals surface area contributed by atoms with E-state index in [9.17, 15) is 9.59 Å². The highest BCUT2D eigenvalue weighted by atomic mass is 16.2. The summed E-state index contributed by atoms with van der Waals surface area (Å²) in [7, 11) is 0. The topological polar surface area (TPSA) is 102 Å². The largest absolute Gasteiger partial charge is 0.368 e. The second-order valence-corrected chi connectivity index (χ2v) is 6.39. The number of hydrogen-bond acceptors (Lipinski definition) is 3. The van der Waals surface area contributed by atoms with E-state index >= 15 is 0 Å². The SMILES string of the molecule is C[C@H](CCNC(=O)NC1(C(N)=O)CCCCCC1)n1ccnc1. The van der Waals surface area contributed by atoms with Gasteiger partial charge in [0.05, 0.1) is 6.33 Å². The van der Waals surface area contributed by atoms with Gasteiger partial charge in [0.1, 0.15) is 5.54 Å². The fourth-order valence-corrected chi connectivity index (χ4v) is 3.10. The summed E-state index contributed by atoms with van der Waals surface area (Å²) in [6.07, 6.45) is 11.4. The Morgan fingerprint density at radius 3 is 2.57 bits per heavy atom. The molecule has 0 saturated heterocycles. The lowest BCUT2D eigenvalue weighted by atomic mass is 9.89. The number of aromatic nitrogens is 2. The number of carbonyl (C=O) groups excluding carboxylic acids is 2. The highest BCUT2D eigenvalue weighted by molar-refractivity contribution is 5.89. The summed E-state index contributed by atoms with van der Waals surface area (Å²) < 4.78 is 2.00. The summed E-state index contributed by atoms with van der Waals surface area (Å²) in [5, 5.41) is 5.67. The molecule has 1 aliphatic carbocycles. The van der Waals surface area contributed by atoms with E-state index in [1.165, 1.54) is 0 Å². The number of hydrogen-bond donors (Lipinski definition) is 3. The van der Waals surface area contributed by atoms with Gasteiger partial charge < -0.3 is 20.9 Å². The number of nitrogens with two attached hydrogens (primary N) is 1. The van der Waals surface area contributed by atoms with Gasteiger partial charge in [0, 0.05) is 25.0 Å². The van der Waals surface area contributed by atoms with Gasteiger partial charge in [0.2, 0.25) is 5.91 Å². The molecule has 0 spiro atoms. The molecule has 0 unspecified atom stereocenters. The lowest BCUT2D eigenvalue weighted by Crippen LogP contribution is -2.59. The number of carbonyl (C=O) groups is 2.